The van der Waals surface area contributed by atoms with E-state index in [-0.39, 0.29) is 42.0 Å². The summed E-state index contributed by atoms with van der Waals surface area (Å²) in [4.78, 5) is 28.6. The molecule has 8 nitrogen and oxygen atoms in total. The summed E-state index contributed by atoms with van der Waals surface area (Å²) in [6.45, 7) is 18.4. The first-order valence-electron chi connectivity index (χ1n) is 10.1. The zero-order chi connectivity index (χ0) is 22.0. The van der Waals surface area contributed by atoms with Crippen LogP contribution in [0.15, 0.2) is 4.99 Å². The minimum atomic E-state index is -0.554. The van der Waals surface area contributed by atoms with Gasteiger partial charge in [0, 0.05) is 18.6 Å². The molecule has 0 bridgehead atoms. The topological polar surface area (TPSA) is 104 Å². The van der Waals surface area contributed by atoms with Gasteiger partial charge in [0.15, 0.2) is 5.96 Å². The summed E-state index contributed by atoms with van der Waals surface area (Å²) in [5.41, 5.74) is -1.33. The number of amides is 2. The number of hydrogen-bond donors (Lipinski definition) is 4. The second kappa shape index (κ2) is 13.1. The molecule has 0 aliphatic rings. The van der Waals surface area contributed by atoms with E-state index in [4.69, 9.17) is 4.74 Å². The summed E-state index contributed by atoms with van der Waals surface area (Å²) in [7, 11) is 0. The van der Waals surface area contributed by atoms with Gasteiger partial charge in [-0.15, -0.1) is 24.0 Å². The maximum absolute atomic E-state index is 12.3. The zero-order valence-corrected chi connectivity index (χ0v) is 21.9. The maximum atomic E-state index is 12.3. The van der Waals surface area contributed by atoms with Crippen LogP contribution >= 0.6 is 24.0 Å². The van der Waals surface area contributed by atoms with Crippen LogP contribution in [0.1, 0.15) is 75.2 Å². The third kappa shape index (κ3) is 14.4. The molecule has 4 N–H and O–H groups in total. The van der Waals surface area contributed by atoms with Crippen molar-refractivity contribution < 1.29 is 14.3 Å². The van der Waals surface area contributed by atoms with Gasteiger partial charge in [-0.25, -0.2) is 9.79 Å². The number of hydrogen-bond acceptors (Lipinski definition) is 4. The van der Waals surface area contributed by atoms with E-state index in [0.29, 0.717) is 19.0 Å². The molecule has 0 aromatic rings. The second-order valence-corrected chi connectivity index (χ2v) is 8.96. The summed E-state index contributed by atoms with van der Waals surface area (Å²) >= 11 is 0. The summed E-state index contributed by atoms with van der Waals surface area (Å²) in [6.07, 6.45) is 1.00. The fraction of sp³-hybridized carbons (Fsp3) is 0.850. The number of alkyl carbamates (subject to hydrolysis) is 1. The highest BCUT2D eigenvalue weighted by Gasteiger charge is 2.30. The third-order valence-corrected chi connectivity index (χ3v) is 3.95. The highest BCUT2D eigenvalue weighted by Crippen LogP contribution is 2.16. The first kappa shape index (κ1) is 29.9. The predicted molar refractivity (Wildman–Crippen MR) is 130 cm³/mol. The highest BCUT2D eigenvalue weighted by molar-refractivity contribution is 14.0. The number of nitrogens with one attached hydrogen (secondary N) is 4. The molecule has 0 aliphatic carbocycles. The van der Waals surface area contributed by atoms with Crippen molar-refractivity contribution in [3.8, 4) is 0 Å². The van der Waals surface area contributed by atoms with Crippen LogP contribution in [0.25, 0.3) is 0 Å². The molecule has 2 amide bonds. The molecule has 29 heavy (non-hydrogen) atoms. The fourth-order valence-electron chi connectivity index (χ4n) is 2.44. The molecule has 0 aliphatic heterocycles. The molecule has 0 unspecified atom stereocenters. The smallest absolute Gasteiger partial charge is 0.408 e. The number of rotatable bonds is 8. The van der Waals surface area contributed by atoms with Crippen molar-refractivity contribution >= 4 is 41.9 Å². The Balaban J connectivity index is 0. The van der Waals surface area contributed by atoms with E-state index in [1.54, 1.807) is 0 Å². The molecule has 0 saturated heterocycles. The Hall–Kier alpha value is -1.26. The minimum absolute atomic E-state index is 0. The maximum Gasteiger partial charge on any atom is 0.408 e. The first-order chi connectivity index (χ1) is 12.8. The standard InChI is InChI=1S/C20H41N5O3.HI/c1-10-20(11-2,25-17(27)28-19(7,8)9)14-23-16(21-12-3)22-13-15(26)24-18(4,5)6;/h10-14H2,1-9H3,(H,24,26)(H,25,27)(H2,21,22,23);1H. The van der Waals surface area contributed by atoms with Gasteiger partial charge in [0.05, 0.1) is 5.54 Å². The summed E-state index contributed by atoms with van der Waals surface area (Å²) in [6, 6.07) is 0. The molecule has 0 atom stereocenters. The van der Waals surface area contributed by atoms with Crippen LogP contribution in [-0.2, 0) is 9.53 Å². The van der Waals surface area contributed by atoms with E-state index in [1.807, 2.05) is 62.3 Å². The average Bonchev–Trinajstić information content (AvgIpc) is 2.52. The van der Waals surface area contributed by atoms with Crippen molar-refractivity contribution in [2.24, 2.45) is 4.99 Å². The van der Waals surface area contributed by atoms with Crippen LogP contribution in [0.2, 0.25) is 0 Å². The first-order valence-corrected chi connectivity index (χ1v) is 10.1. The van der Waals surface area contributed by atoms with E-state index in [0.717, 1.165) is 12.8 Å². The van der Waals surface area contributed by atoms with Crippen molar-refractivity contribution in [2.45, 2.75) is 91.8 Å². The molecule has 0 aromatic carbocycles. The summed E-state index contributed by atoms with van der Waals surface area (Å²) in [5.74, 6) is 0.387. The number of aliphatic imine (C=N–C) groups is 1. The Labute approximate surface area is 193 Å². The molecule has 0 saturated carbocycles. The van der Waals surface area contributed by atoms with Gasteiger partial charge in [-0.1, -0.05) is 13.8 Å². The Morgan fingerprint density at radius 3 is 1.86 bits per heavy atom. The van der Waals surface area contributed by atoms with Crippen LogP contribution in [-0.4, -0.2) is 54.3 Å². The van der Waals surface area contributed by atoms with Gasteiger partial charge in [-0.3, -0.25) is 4.79 Å². The van der Waals surface area contributed by atoms with Gasteiger partial charge in [0.2, 0.25) is 5.91 Å². The van der Waals surface area contributed by atoms with Crippen molar-refractivity contribution in [1.29, 1.82) is 0 Å². The number of carbonyl (C=O) groups excluding carboxylic acids is 2. The van der Waals surface area contributed by atoms with Gasteiger partial charge in [-0.2, -0.15) is 0 Å². The van der Waals surface area contributed by atoms with E-state index in [2.05, 4.69) is 26.3 Å². The predicted octanol–water partition coefficient (Wildman–Crippen LogP) is 3.16. The van der Waals surface area contributed by atoms with Gasteiger partial charge < -0.3 is 26.0 Å². The van der Waals surface area contributed by atoms with Crippen LogP contribution in [0, 0.1) is 0 Å². The third-order valence-electron chi connectivity index (χ3n) is 3.95. The van der Waals surface area contributed by atoms with Gasteiger partial charge in [-0.05, 0) is 61.3 Å². The minimum Gasteiger partial charge on any atom is -0.444 e. The zero-order valence-electron chi connectivity index (χ0n) is 19.6. The van der Waals surface area contributed by atoms with E-state index >= 15 is 0 Å². The molecule has 0 fully saturated rings. The Morgan fingerprint density at radius 1 is 0.897 bits per heavy atom. The number of carbonyl (C=O) groups is 2. The highest BCUT2D eigenvalue weighted by atomic mass is 127. The van der Waals surface area contributed by atoms with E-state index in [1.165, 1.54) is 0 Å². The largest absolute Gasteiger partial charge is 0.444 e. The van der Waals surface area contributed by atoms with Gasteiger partial charge in [0.25, 0.3) is 0 Å². The lowest BCUT2D eigenvalue weighted by Gasteiger charge is -2.34. The van der Waals surface area contributed by atoms with Gasteiger partial charge in [0.1, 0.15) is 12.1 Å². The Bertz CT molecular complexity index is 535. The van der Waals surface area contributed by atoms with Crippen molar-refractivity contribution in [3.05, 3.63) is 0 Å². The van der Waals surface area contributed by atoms with Crippen molar-refractivity contribution in [2.75, 3.05) is 19.6 Å². The SMILES string of the molecule is CCNC(=NCC(=O)NC(C)(C)C)NCC(CC)(CC)NC(=O)OC(C)(C)C.I. The lowest BCUT2D eigenvalue weighted by atomic mass is 9.93. The van der Waals surface area contributed by atoms with Crippen molar-refractivity contribution in [3.63, 3.8) is 0 Å². The van der Waals surface area contributed by atoms with E-state index < -0.39 is 17.2 Å². The normalized spacial score (nSPS) is 12.5. The number of nitrogens with zero attached hydrogens (tertiary/aromatic N) is 1. The number of guanidine groups is 1. The molecule has 0 radical (unpaired) electrons. The lowest BCUT2D eigenvalue weighted by molar-refractivity contribution is -0.121. The number of halogens is 1. The summed E-state index contributed by atoms with van der Waals surface area (Å²) < 4.78 is 5.40. The van der Waals surface area contributed by atoms with Crippen LogP contribution in [0.5, 0.6) is 0 Å². The molecule has 9 heteroatoms. The van der Waals surface area contributed by atoms with E-state index in [9.17, 15) is 9.59 Å². The molecule has 0 spiro atoms. The second-order valence-electron chi connectivity index (χ2n) is 8.96. The Kier molecular flexibility index (Phi) is 13.5. The molecule has 0 heterocycles. The van der Waals surface area contributed by atoms with Crippen LogP contribution < -0.4 is 21.3 Å². The quantitative estimate of drug-likeness (QED) is 0.221. The molecular weight excluding hydrogens is 485 g/mol. The lowest BCUT2D eigenvalue weighted by Crippen LogP contribution is -2.57. The number of ether oxygens (including phenoxy) is 1. The Morgan fingerprint density at radius 2 is 1.45 bits per heavy atom. The average molecular weight is 527 g/mol. The van der Waals surface area contributed by atoms with Gasteiger partial charge >= 0.3 is 6.09 Å². The molecule has 0 rings (SSSR count). The molecular formula is C20H42IN5O3. The fourth-order valence-corrected chi connectivity index (χ4v) is 2.44. The van der Waals surface area contributed by atoms with Crippen LogP contribution in [0.3, 0.4) is 0 Å². The van der Waals surface area contributed by atoms with Crippen molar-refractivity contribution in [1.82, 2.24) is 21.3 Å². The molecule has 172 valence electrons. The molecule has 0 aromatic heterocycles. The summed E-state index contributed by atoms with van der Waals surface area (Å²) in [5, 5.41) is 12.2. The monoisotopic (exact) mass is 527 g/mol. The van der Waals surface area contributed by atoms with Crippen LogP contribution in [0.4, 0.5) is 4.79 Å².